The number of amides is 1. The predicted octanol–water partition coefficient (Wildman–Crippen LogP) is 0.702. The van der Waals surface area contributed by atoms with Gasteiger partial charge < -0.3 is 20.6 Å². The molecule has 0 aromatic heterocycles. The van der Waals surface area contributed by atoms with Gasteiger partial charge in [-0.2, -0.15) is 0 Å². The van der Waals surface area contributed by atoms with Crippen LogP contribution >= 0.6 is 0 Å². The quantitative estimate of drug-likeness (QED) is 0.440. The molecule has 2 unspecified atom stereocenters. The van der Waals surface area contributed by atoms with Gasteiger partial charge in [0.2, 0.25) is 5.91 Å². The van der Waals surface area contributed by atoms with Crippen molar-refractivity contribution in [2.75, 3.05) is 0 Å². The van der Waals surface area contributed by atoms with E-state index in [0.717, 1.165) is 0 Å². The number of hydrogen-bond acceptors (Lipinski definition) is 4. The molecule has 0 heterocycles. The number of hydrogen-bond donors (Lipinski definition) is 4. The van der Waals surface area contributed by atoms with Crippen molar-refractivity contribution in [2.24, 2.45) is 5.92 Å². The van der Waals surface area contributed by atoms with Crippen molar-refractivity contribution in [1.29, 1.82) is 0 Å². The van der Waals surface area contributed by atoms with E-state index in [1.54, 1.807) is 0 Å². The van der Waals surface area contributed by atoms with E-state index in [4.69, 9.17) is 15.3 Å². The van der Waals surface area contributed by atoms with Gasteiger partial charge in [-0.3, -0.25) is 14.4 Å². The number of aliphatic carboxylic acids is 3. The molecule has 0 aromatic carbocycles. The summed E-state index contributed by atoms with van der Waals surface area (Å²) >= 11 is 0. The van der Waals surface area contributed by atoms with Crippen molar-refractivity contribution in [1.82, 2.24) is 5.32 Å². The second-order valence-corrected chi connectivity index (χ2v) is 4.75. The molecule has 0 aliphatic rings. The summed E-state index contributed by atoms with van der Waals surface area (Å²) in [4.78, 5) is 44.0. The van der Waals surface area contributed by atoms with Gasteiger partial charge in [0.15, 0.2) is 0 Å². The number of rotatable bonds is 11. The van der Waals surface area contributed by atoms with Crippen LogP contribution in [0.5, 0.6) is 0 Å². The third-order valence-corrected chi connectivity index (χ3v) is 2.98. The normalized spacial score (nSPS) is 13.2. The molecule has 0 fully saturated rings. The SMILES string of the molecule is CCCC(CCC(=O)O)C(=O)NC(CCC(=O)O)C(=O)O. The van der Waals surface area contributed by atoms with Crippen molar-refractivity contribution < 1.29 is 34.5 Å². The van der Waals surface area contributed by atoms with E-state index in [2.05, 4.69) is 5.32 Å². The van der Waals surface area contributed by atoms with Gasteiger partial charge in [0.1, 0.15) is 6.04 Å². The largest absolute Gasteiger partial charge is 0.481 e. The summed E-state index contributed by atoms with van der Waals surface area (Å²) < 4.78 is 0. The fourth-order valence-corrected chi connectivity index (χ4v) is 1.87. The lowest BCUT2D eigenvalue weighted by atomic mass is 9.96. The Morgan fingerprint density at radius 1 is 0.905 bits per heavy atom. The van der Waals surface area contributed by atoms with Gasteiger partial charge in [-0.25, -0.2) is 4.79 Å². The van der Waals surface area contributed by atoms with E-state index in [1.165, 1.54) is 0 Å². The summed E-state index contributed by atoms with van der Waals surface area (Å²) in [6, 6.07) is -1.28. The Kier molecular flexibility index (Phi) is 8.75. The molecule has 120 valence electrons. The van der Waals surface area contributed by atoms with Crippen molar-refractivity contribution in [3.63, 3.8) is 0 Å². The smallest absolute Gasteiger partial charge is 0.326 e. The minimum Gasteiger partial charge on any atom is -0.481 e. The van der Waals surface area contributed by atoms with Gasteiger partial charge in [-0.1, -0.05) is 13.3 Å². The summed E-state index contributed by atoms with van der Waals surface area (Å²) in [5, 5.41) is 28.4. The highest BCUT2D eigenvalue weighted by molar-refractivity contribution is 5.85. The van der Waals surface area contributed by atoms with Crippen molar-refractivity contribution in [3.8, 4) is 0 Å². The Bertz CT molecular complexity index is 394. The van der Waals surface area contributed by atoms with E-state index in [-0.39, 0.29) is 25.7 Å². The topological polar surface area (TPSA) is 141 Å². The minimum absolute atomic E-state index is 0.125. The zero-order valence-corrected chi connectivity index (χ0v) is 11.9. The van der Waals surface area contributed by atoms with E-state index in [1.807, 2.05) is 6.92 Å². The molecule has 0 saturated carbocycles. The molecule has 0 aliphatic carbocycles. The van der Waals surface area contributed by atoms with Crippen LogP contribution in [-0.2, 0) is 19.2 Å². The summed E-state index contributed by atoms with van der Waals surface area (Å²) in [5.41, 5.74) is 0. The molecule has 0 bridgehead atoms. The Balaban J connectivity index is 4.62. The van der Waals surface area contributed by atoms with Crippen LogP contribution < -0.4 is 5.32 Å². The van der Waals surface area contributed by atoms with Crippen LogP contribution in [-0.4, -0.2) is 45.2 Å². The maximum atomic E-state index is 12.0. The molecule has 4 N–H and O–H groups in total. The predicted molar refractivity (Wildman–Crippen MR) is 71.7 cm³/mol. The second-order valence-electron chi connectivity index (χ2n) is 4.75. The number of carboxylic acids is 3. The van der Waals surface area contributed by atoms with E-state index >= 15 is 0 Å². The third-order valence-electron chi connectivity index (χ3n) is 2.98. The van der Waals surface area contributed by atoms with Crippen LogP contribution in [0.25, 0.3) is 0 Å². The molecular formula is C13H21NO7. The van der Waals surface area contributed by atoms with E-state index in [0.29, 0.717) is 12.8 Å². The molecule has 0 aromatic rings. The number of carbonyl (C=O) groups excluding carboxylic acids is 1. The highest BCUT2D eigenvalue weighted by Crippen LogP contribution is 2.14. The molecular weight excluding hydrogens is 282 g/mol. The average molecular weight is 303 g/mol. The first-order valence-electron chi connectivity index (χ1n) is 6.74. The molecule has 2 atom stereocenters. The molecule has 0 saturated heterocycles. The molecule has 21 heavy (non-hydrogen) atoms. The third kappa shape index (κ3) is 8.61. The van der Waals surface area contributed by atoms with Gasteiger partial charge in [0.05, 0.1) is 0 Å². The summed E-state index contributed by atoms with van der Waals surface area (Å²) in [7, 11) is 0. The summed E-state index contributed by atoms with van der Waals surface area (Å²) in [6.45, 7) is 1.83. The molecule has 8 heteroatoms. The van der Waals surface area contributed by atoms with Crippen LogP contribution in [0.15, 0.2) is 0 Å². The highest BCUT2D eigenvalue weighted by atomic mass is 16.4. The van der Waals surface area contributed by atoms with Gasteiger partial charge in [-0.15, -0.1) is 0 Å². The minimum atomic E-state index is -1.31. The molecule has 8 nitrogen and oxygen atoms in total. The summed E-state index contributed by atoms with van der Waals surface area (Å²) in [5.74, 6) is -4.61. The van der Waals surface area contributed by atoms with Crippen LogP contribution in [0.1, 0.15) is 45.4 Å². The number of nitrogens with one attached hydrogen (secondary N) is 1. The second kappa shape index (κ2) is 9.73. The van der Waals surface area contributed by atoms with Crippen molar-refractivity contribution >= 4 is 23.8 Å². The monoisotopic (exact) mass is 303 g/mol. The van der Waals surface area contributed by atoms with Gasteiger partial charge >= 0.3 is 17.9 Å². The van der Waals surface area contributed by atoms with Gasteiger partial charge in [0.25, 0.3) is 0 Å². The maximum absolute atomic E-state index is 12.0. The van der Waals surface area contributed by atoms with Crippen molar-refractivity contribution in [2.45, 2.75) is 51.5 Å². The Morgan fingerprint density at radius 2 is 1.43 bits per heavy atom. The van der Waals surface area contributed by atoms with Crippen LogP contribution in [0.3, 0.4) is 0 Å². The molecule has 0 aliphatic heterocycles. The number of carbonyl (C=O) groups is 4. The zero-order chi connectivity index (χ0) is 16.4. The van der Waals surface area contributed by atoms with Crippen LogP contribution in [0, 0.1) is 5.92 Å². The molecule has 0 spiro atoms. The molecule has 0 radical (unpaired) electrons. The standard InChI is InChI=1S/C13H21NO7/c1-2-3-8(4-6-10(15)16)12(19)14-9(13(20)21)5-7-11(17)18/h8-9H,2-7H2,1H3,(H,14,19)(H,15,16)(H,17,18)(H,20,21). The Labute approximate surface area is 122 Å². The average Bonchev–Trinajstić information content (AvgIpc) is 2.38. The number of carboxylic acid groups (broad SMARTS) is 3. The van der Waals surface area contributed by atoms with Gasteiger partial charge in [0, 0.05) is 18.8 Å². The lowest BCUT2D eigenvalue weighted by Gasteiger charge is -2.19. The maximum Gasteiger partial charge on any atom is 0.326 e. The van der Waals surface area contributed by atoms with Crippen LogP contribution in [0.4, 0.5) is 0 Å². The van der Waals surface area contributed by atoms with Gasteiger partial charge in [-0.05, 0) is 19.3 Å². The first kappa shape index (κ1) is 18.9. The van der Waals surface area contributed by atoms with Crippen molar-refractivity contribution in [3.05, 3.63) is 0 Å². The lowest BCUT2D eigenvalue weighted by molar-refractivity contribution is -0.144. The fraction of sp³-hybridized carbons (Fsp3) is 0.692. The Hall–Kier alpha value is -2.12. The molecule has 0 rings (SSSR count). The first-order chi connectivity index (χ1) is 9.77. The lowest BCUT2D eigenvalue weighted by Crippen LogP contribution is -2.44. The fourth-order valence-electron chi connectivity index (χ4n) is 1.87. The van der Waals surface area contributed by atoms with Crippen LogP contribution in [0.2, 0.25) is 0 Å². The molecule has 1 amide bonds. The van der Waals surface area contributed by atoms with E-state index < -0.39 is 35.8 Å². The van der Waals surface area contributed by atoms with E-state index in [9.17, 15) is 19.2 Å². The highest BCUT2D eigenvalue weighted by Gasteiger charge is 2.25. The Morgan fingerprint density at radius 3 is 1.86 bits per heavy atom. The summed E-state index contributed by atoms with van der Waals surface area (Å²) in [6.07, 6.45) is 0.471. The first-order valence-corrected chi connectivity index (χ1v) is 6.74. The zero-order valence-electron chi connectivity index (χ0n) is 11.9.